The molecule has 1 saturated carbocycles. The van der Waals surface area contributed by atoms with E-state index >= 15 is 0 Å². The molecular formula is C21H21N3O3S2. The van der Waals surface area contributed by atoms with Crippen LogP contribution in [0.2, 0.25) is 0 Å². The first-order valence-corrected chi connectivity index (χ1v) is 11.4. The number of alkyl carbamates (subject to hydrolysis) is 1. The first-order valence-electron chi connectivity index (χ1n) is 9.62. The molecule has 1 unspecified atom stereocenters. The van der Waals surface area contributed by atoms with E-state index in [1.807, 2.05) is 16.8 Å². The molecule has 2 amide bonds. The quantitative estimate of drug-likeness (QED) is 0.672. The summed E-state index contributed by atoms with van der Waals surface area (Å²) >= 11 is 2.97. The van der Waals surface area contributed by atoms with Crippen molar-refractivity contribution in [1.82, 2.24) is 5.32 Å². The van der Waals surface area contributed by atoms with Gasteiger partial charge in [0.25, 0.3) is 0 Å². The summed E-state index contributed by atoms with van der Waals surface area (Å²) < 4.78 is 5.55. The molecule has 2 aromatic rings. The number of anilines is 1. The first kappa shape index (κ1) is 19.7. The number of nitrogens with one attached hydrogen (secondary N) is 2. The van der Waals surface area contributed by atoms with Crippen LogP contribution < -0.4 is 10.6 Å². The normalized spacial score (nSPS) is 18.1. The van der Waals surface area contributed by atoms with Crippen molar-refractivity contribution in [2.45, 2.75) is 38.2 Å². The zero-order valence-corrected chi connectivity index (χ0v) is 17.4. The number of nitriles is 1. The molecule has 8 heteroatoms. The third-order valence-corrected chi connectivity index (χ3v) is 6.92. The van der Waals surface area contributed by atoms with Crippen molar-refractivity contribution in [3.05, 3.63) is 44.5 Å². The lowest BCUT2D eigenvalue weighted by Crippen LogP contribution is -2.32. The molecule has 1 fully saturated rings. The van der Waals surface area contributed by atoms with Crippen molar-refractivity contribution in [2.75, 3.05) is 11.9 Å². The van der Waals surface area contributed by atoms with Crippen molar-refractivity contribution < 1.29 is 14.3 Å². The highest BCUT2D eigenvalue weighted by molar-refractivity contribution is 7.16. The lowest BCUT2D eigenvalue weighted by molar-refractivity contribution is -0.111. The van der Waals surface area contributed by atoms with Gasteiger partial charge in [-0.15, -0.1) is 11.3 Å². The standard InChI is InChI=1S/C21H21N3O3S2/c22-10-17-16-5-4-15(27-21(26)23-11-13-1-2-13)9-18(16)29-20(17)24-19(25)6-3-14-7-8-28-12-14/h3,6-8,12-13,15H,1-2,4-5,9,11H2,(H,23,26)(H,24,25). The second kappa shape index (κ2) is 8.80. The van der Waals surface area contributed by atoms with Crippen LogP contribution in [0.1, 0.15) is 40.8 Å². The summed E-state index contributed by atoms with van der Waals surface area (Å²) in [4.78, 5) is 25.2. The molecule has 0 radical (unpaired) electrons. The van der Waals surface area contributed by atoms with Crippen molar-refractivity contribution >= 4 is 45.8 Å². The summed E-state index contributed by atoms with van der Waals surface area (Å²) in [5, 5.41) is 19.7. The summed E-state index contributed by atoms with van der Waals surface area (Å²) in [6.07, 6.45) is 6.92. The molecule has 2 aliphatic rings. The van der Waals surface area contributed by atoms with Crippen LogP contribution in [0.5, 0.6) is 0 Å². The molecule has 4 rings (SSSR count). The van der Waals surface area contributed by atoms with E-state index in [-0.39, 0.29) is 18.1 Å². The first-order chi connectivity index (χ1) is 14.1. The Hall–Kier alpha value is -2.63. The Bertz CT molecular complexity index is 968. The van der Waals surface area contributed by atoms with E-state index in [0.29, 0.717) is 42.3 Å². The number of ether oxygens (including phenoxy) is 1. The third kappa shape index (κ3) is 5.05. The van der Waals surface area contributed by atoms with Gasteiger partial charge < -0.3 is 15.4 Å². The van der Waals surface area contributed by atoms with Crippen LogP contribution in [0.15, 0.2) is 22.9 Å². The highest BCUT2D eigenvalue weighted by atomic mass is 32.1. The number of fused-ring (bicyclic) bond motifs is 1. The van der Waals surface area contributed by atoms with Crippen LogP contribution in [0.3, 0.4) is 0 Å². The summed E-state index contributed by atoms with van der Waals surface area (Å²) in [7, 11) is 0. The fraction of sp³-hybridized carbons (Fsp3) is 0.381. The fourth-order valence-corrected chi connectivity index (χ4v) is 5.19. The molecule has 0 aliphatic heterocycles. The Labute approximate surface area is 177 Å². The van der Waals surface area contributed by atoms with Gasteiger partial charge in [0.2, 0.25) is 5.91 Å². The zero-order valence-electron chi connectivity index (χ0n) is 15.8. The van der Waals surface area contributed by atoms with E-state index in [1.165, 1.54) is 30.3 Å². The molecule has 6 nitrogen and oxygen atoms in total. The molecule has 2 heterocycles. The number of carbonyl (C=O) groups is 2. The Morgan fingerprint density at radius 2 is 2.21 bits per heavy atom. The number of amides is 2. The average molecular weight is 428 g/mol. The highest BCUT2D eigenvalue weighted by Crippen LogP contribution is 2.38. The van der Waals surface area contributed by atoms with E-state index in [1.54, 1.807) is 17.4 Å². The Kier molecular flexibility index (Phi) is 5.97. The minimum atomic E-state index is -0.366. The Balaban J connectivity index is 1.38. The van der Waals surface area contributed by atoms with Gasteiger partial charge in [-0.05, 0) is 65.6 Å². The SMILES string of the molecule is N#Cc1c(NC(=O)C=Cc2ccsc2)sc2c1CCC(OC(=O)NCC1CC1)C2. The number of carbonyl (C=O) groups excluding carboxylic acids is 2. The van der Waals surface area contributed by atoms with Gasteiger partial charge >= 0.3 is 6.09 Å². The minimum Gasteiger partial charge on any atom is -0.446 e. The van der Waals surface area contributed by atoms with Crippen LogP contribution in [-0.2, 0) is 22.4 Å². The third-order valence-electron chi connectivity index (χ3n) is 5.04. The summed E-state index contributed by atoms with van der Waals surface area (Å²) in [6.45, 7) is 0.684. The van der Waals surface area contributed by atoms with Gasteiger partial charge in [-0.1, -0.05) is 0 Å². The van der Waals surface area contributed by atoms with Crippen LogP contribution in [0.25, 0.3) is 6.08 Å². The number of nitrogens with zero attached hydrogens (tertiary/aromatic N) is 1. The number of thiophene rings is 2. The maximum atomic E-state index is 12.3. The summed E-state index contributed by atoms with van der Waals surface area (Å²) in [5.74, 6) is 0.342. The van der Waals surface area contributed by atoms with Gasteiger partial charge in [0.1, 0.15) is 17.2 Å². The van der Waals surface area contributed by atoms with Gasteiger partial charge in [0, 0.05) is 23.9 Å². The van der Waals surface area contributed by atoms with Gasteiger partial charge in [-0.3, -0.25) is 4.79 Å². The van der Waals surface area contributed by atoms with E-state index in [0.717, 1.165) is 16.0 Å². The van der Waals surface area contributed by atoms with E-state index in [9.17, 15) is 14.9 Å². The Morgan fingerprint density at radius 1 is 1.34 bits per heavy atom. The predicted octanol–water partition coefficient (Wildman–Crippen LogP) is 4.33. The largest absolute Gasteiger partial charge is 0.446 e. The van der Waals surface area contributed by atoms with E-state index in [4.69, 9.17) is 4.74 Å². The van der Waals surface area contributed by atoms with Gasteiger partial charge in [0.15, 0.2) is 0 Å². The smallest absolute Gasteiger partial charge is 0.407 e. The molecular weight excluding hydrogens is 406 g/mol. The molecule has 1 atom stereocenters. The van der Waals surface area contributed by atoms with Crippen LogP contribution in [0, 0.1) is 17.2 Å². The van der Waals surface area contributed by atoms with Crippen molar-refractivity contribution in [3.63, 3.8) is 0 Å². The van der Waals surface area contributed by atoms with Crippen molar-refractivity contribution in [2.24, 2.45) is 5.92 Å². The zero-order chi connectivity index (χ0) is 20.2. The van der Waals surface area contributed by atoms with Crippen LogP contribution in [0.4, 0.5) is 9.80 Å². The summed E-state index contributed by atoms with van der Waals surface area (Å²) in [6, 6.07) is 4.16. The molecule has 0 saturated heterocycles. The second-order valence-electron chi connectivity index (χ2n) is 7.29. The van der Waals surface area contributed by atoms with Crippen molar-refractivity contribution in [3.8, 4) is 6.07 Å². The van der Waals surface area contributed by atoms with Crippen LogP contribution in [-0.4, -0.2) is 24.6 Å². The van der Waals surface area contributed by atoms with Crippen molar-refractivity contribution in [1.29, 1.82) is 5.26 Å². The lowest BCUT2D eigenvalue weighted by atomic mass is 9.94. The van der Waals surface area contributed by atoms with Crippen LogP contribution >= 0.6 is 22.7 Å². The highest BCUT2D eigenvalue weighted by Gasteiger charge is 2.29. The maximum absolute atomic E-state index is 12.3. The van der Waals surface area contributed by atoms with Gasteiger partial charge in [-0.2, -0.15) is 16.6 Å². The van der Waals surface area contributed by atoms with Gasteiger partial charge in [0.05, 0.1) is 5.56 Å². The molecule has 2 aliphatic carbocycles. The van der Waals surface area contributed by atoms with Gasteiger partial charge in [-0.25, -0.2) is 4.79 Å². The number of hydrogen-bond donors (Lipinski definition) is 2. The maximum Gasteiger partial charge on any atom is 0.407 e. The summed E-state index contributed by atoms with van der Waals surface area (Å²) in [5.41, 5.74) is 2.46. The molecule has 0 bridgehead atoms. The molecule has 29 heavy (non-hydrogen) atoms. The minimum absolute atomic E-state index is 0.200. The lowest BCUT2D eigenvalue weighted by Gasteiger charge is -2.22. The average Bonchev–Trinajstić information content (AvgIpc) is 3.26. The molecule has 150 valence electrons. The van der Waals surface area contributed by atoms with E-state index in [2.05, 4.69) is 16.7 Å². The van der Waals surface area contributed by atoms with E-state index < -0.39 is 0 Å². The predicted molar refractivity (Wildman–Crippen MR) is 114 cm³/mol. The molecule has 0 spiro atoms. The molecule has 0 aromatic carbocycles. The molecule has 2 N–H and O–H groups in total. The monoisotopic (exact) mass is 427 g/mol. The topological polar surface area (TPSA) is 91.2 Å². The fourth-order valence-electron chi connectivity index (χ4n) is 3.30. The second-order valence-corrected chi connectivity index (χ2v) is 9.18. The Morgan fingerprint density at radius 3 is 2.93 bits per heavy atom. The molecule has 2 aromatic heterocycles. The number of hydrogen-bond acceptors (Lipinski definition) is 6. The number of rotatable bonds is 6.